The highest BCUT2D eigenvalue weighted by molar-refractivity contribution is 5.15. The van der Waals surface area contributed by atoms with E-state index in [0.29, 0.717) is 0 Å². The first-order valence-electron chi connectivity index (χ1n) is 6.84. The summed E-state index contributed by atoms with van der Waals surface area (Å²) >= 11 is 0. The van der Waals surface area contributed by atoms with Crippen LogP contribution in [-0.4, -0.2) is 0 Å². The number of hydrogen-bond acceptors (Lipinski definition) is 1. The fourth-order valence-electron chi connectivity index (χ4n) is 4.91. The Labute approximate surface area is 98.5 Å². The van der Waals surface area contributed by atoms with Gasteiger partial charge in [0.15, 0.2) is 0 Å². The van der Waals surface area contributed by atoms with Crippen LogP contribution in [0.5, 0.6) is 0 Å². The van der Waals surface area contributed by atoms with Crippen molar-refractivity contribution in [3.8, 4) is 6.07 Å². The fourth-order valence-corrected chi connectivity index (χ4v) is 4.91. The highest BCUT2D eigenvalue weighted by Crippen LogP contribution is 2.57. The first kappa shape index (κ1) is 10.4. The van der Waals surface area contributed by atoms with E-state index in [-0.39, 0.29) is 0 Å². The fraction of sp³-hybridized carbons (Fsp3) is 0.800. The minimum absolute atomic E-state index is 0.786. The molecule has 0 aromatic carbocycles. The van der Waals surface area contributed by atoms with Crippen LogP contribution < -0.4 is 0 Å². The maximum Gasteiger partial charge on any atom is 0.0940 e. The maximum atomic E-state index is 8.77. The van der Waals surface area contributed by atoms with Crippen molar-refractivity contribution < 1.29 is 0 Å². The van der Waals surface area contributed by atoms with Crippen molar-refractivity contribution in [1.29, 1.82) is 5.26 Å². The normalized spacial score (nSPS) is 44.3. The standard InChI is InChI=1S/C15H21N/c1-10(9-16)2-3-15-13-5-11-4-12(7-13)8-14(15)6-11/h11-15H,1-8H2. The van der Waals surface area contributed by atoms with Crippen molar-refractivity contribution in [2.45, 2.75) is 44.9 Å². The predicted molar refractivity (Wildman–Crippen MR) is 64.5 cm³/mol. The topological polar surface area (TPSA) is 23.8 Å². The van der Waals surface area contributed by atoms with Gasteiger partial charge in [-0.25, -0.2) is 0 Å². The van der Waals surface area contributed by atoms with Crippen LogP contribution in [0.1, 0.15) is 44.9 Å². The Morgan fingerprint density at radius 1 is 1.06 bits per heavy atom. The smallest absolute Gasteiger partial charge is 0.0940 e. The number of hydrogen-bond donors (Lipinski definition) is 0. The predicted octanol–water partition coefficient (Wildman–Crippen LogP) is 3.92. The molecule has 0 radical (unpaired) electrons. The Morgan fingerprint density at radius 3 is 2.12 bits per heavy atom. The third-order valence-corrected chi connectivity index (χ3v) is 5.36. The Hall–Kier alpha value is -0.770. The molecule has 0 unspecified atom stereocenters. The van der Waals surface area contributed by atoms with Crippen molar-refractivity contribution in [2.24, 2.45) is 29.6 Å². The zero-order valence-electron chi connectivity index (χ0n) is 9.99. The SMILES string of the molecule is C=C(C#N)CCC1C2CC3CC(C2)CC1C3. The van der Waals surface area contributed by atoms with E-state index in [1.54, 1.807) is 0 Å². The lowest BCUT2D eigenvalue weighted by molar-refractivity contribution is -0.0393. The van der Waals surface area contributed by atoms with E-state index in [1.807, 2.05) is 0 Å². The van der Waals surface area contributed by atoms with E-state index in [9.17, 15) is 0 Å². The van der Waals surface area contributed by atoms with Gasteiger partial charge in [-0.1, -0.05) is 6.58 Å². The Balaban J connectivity index is 1.64. The average Bonchev–Trinajstić information content (AvgIpc) is 2.26. The monoisotopic (exact) mass is 215 g/mol. The Morgan fingerprint density at radius 2 is 1.62 bits per heavy atom. The molecule has 16 heavy (non-hydrogen) atoms. The third kappa shape index (κ3) is 1.69. The van der Waals surface area contributed by atoms with Gasteiger partial charge in [0.05, 0.1) is 6.07 Å². The summed E-state index contributed by atoms with van der Waals surface area (Å²) in [5.74, 6) is 5.07. The molecule has 4 aliphatic rings. The molecule has 0 atom stereocenters. The van der Waals surface area contributed by atoms with Gasteiger partial charge in [-0.3, -0.25) is 0 Å². The van der Waals surface area contributed by atoms with Crippen LogP contribution in [0.4, 0.5) is 0 Å². The van der Waals surface area contributed by atoms with Crippen LogP contribution in [-0.2, 0) is 0 Å². The molecular weight excluding hydrogens is 194 g/mol. The lowest BCUT2D eigenvalue weighted by Crippen LogP contribution is -2.44. The number of nitrogens with zero attached hydrogens (tertiary/aromatic N) is 1. The summed E-state index contributed by atoms with van der Waals surface area (Å²) in [7, 11) is 0. The summed E-state index contributed by atoms with van der Waals surface area (Å²) < 4.78 is 0. The van der Waals surface area contributed by atoms with Crippen molar-refractivity contribution in [3.05, 3.63) is 12.2 Å². The third-order valence-electron chi connectivity index (χ3n) is 5.36. The highest BCUT2D eigenvalue weighted by Gasteiger charge is 2.47. The summed E-state index contributed by atoms with van der Waals surface area (Å²) in [5, 5.41) is 8.77. The van der Waals surface area contributed by atoms with Gasteiger partial charge in [-0.05, 0) is 74.5 Å². The van der Waals surface area contributed by atoms with Crippen molar-refractivity contribution in [2.75, 3.05) is 0 Å². The van der Waals surface area contributed by atoms with Crippen LogP contribution in [0.2, 0.25) is 0 Å². The minimum atomic E-state index is 0.786. The second kappa shape index (κ2) is 3.91. The molecule has 0 N–H and O–H groups in total. The molecule has 1 nitrogen and oxygen atoms in total. The number of nitriles is 1. The van der Waals surface area contributed by atoms with Crippen molar-refractivity contribution in [1.82, 2.24) is 0 Å². The first-order chi connectivity index (χ1) is 7.76. The summed E-state index contributed by atoms with van der Waals surface area (Å²) in [4.78, 5) is 0. The van der Waals surface area contributed by atoms with Gasteiger partial charge in [0.25, 0.3) is 0 Å². The summed E-state index contributed by atoms with van der Waals surface area (Å²) in [6, 6.07) is 2.19. The van der Waals surface area contributed by atoms with Gasteiger partial charge < -0.3 is 0 Å². The second-order valence-corrected chi connectivity index (χ2v) is 6.35. The number of rotatable bonds is 3. The van der Waals surface area contributed by atoms with Crippen LogP contribution in [0, 0.1) is 40.9 Å². The minimum Gasteiger partial charge on any atom is -0.193 e. The quantitative estimate of drug-likeness (QED) is 0.655. The van der Waals surface area contributed by atoms with Gasteiger partial charge in [0.2, 0.25) is 0 Å². The molecule has 4 rings (SSSR count). The van der Waals surface area contributed by atoms with Gasteiger partial charge in [-0.2, -0.15) is 5.26 Å². The Kier molecular flexibility index (Phi) is 2.54. The molecule has 1 heteroatoms. The zero-order valence-corrected chi connectivity index (χ0v) is 9.99. The van der Waals surface area contributed by atoms with Crippen LogP contribution in [0.15, 0.2) is 12.2 Å². The van der Waals surface area contributed by atoms with Gasteiger partial charge in [0, 0.05) is 5.57 Å². The summed E-state index contributed by atoms with van der Waals surface area (Å²) in [6.07, 6.45) is 9.70. The highest BCUT2D eigenvalue weighted by atomic mass is 14.5. The first-order valence-corrected chi connectivity index (χ1v) is 6.84. The molecule has 4 fully saturated rings. The molecule has 0 aromatic rings. The molecule has 0 saturated heterocycles. The summed E-state index contributed by atoms with van der Waals surface area (Å²) in [5.41, 5.74) is 0.786. The molecule has 4 saturated carbocycles. The maximum absolute atomic E-state index is 8.77. The van der Waals surface area contributed by atoms with Gasteiger partial charge >= 0.3 is 0 Å². The van der Waals surface area contributed by atoms with E-state index in [1.165, 1.54) is 38.5 Å². The Bertz CT molecular complexity index is 308. The molecule has 86 valence electrons. The lowest BCUT2D eigenvalue weighted by Gasteiger charge is -2.54. The molecule has 4 aliphatic carbocycles. The van der Waals surface area contributed by atoms with E-state index in [0.717, 1.165) is 41.6 Å². The molecule has 0 amide bonds. The molecule has 0 aliphatic heterocycles. The van der Waals surface area contributed by atoms with Crippen LogP contribution in [0.3, 0.4) is 0 Å². The molecule has 0 aromatic heterocycles. The average molecular weight is 215 g/mol. The van der Waals surface area contributed by atoms with Crippen LogP contribution >= 0.6 is 0 Å². The largest absolute Gasteiger partial charge is 0.193 e. The van der Waals surface area contributed by atoms with Crippen molar-refractivity contribution >= 4 is 0 Å². The van der Waals surface area contributed by atoms with Gasteiger partial charge in [0.1, 0.15) is 0 Å². The van der Waals surface area contributed by atoms with Gasteiger partial charge in [-0.15, -0.1) is 0 Å². The molecule has 4 bridgehead atoms. The molecule has 0 spiro atoms. The zero-order chi connectivity index (χ0) is 11.1. The van der Waals surface area contributed by atoms with Crippen molar-refractivity contribution in [3.63, 3.8) is 0 Å². The van der Waals surface area contributed by atoms with E-state index < -0.39 is 0 Å². The summed E-state index contributed by atoms with van der Waals surface area (Å²) in [6.45, 7) is 3.81. The van der Waals surface area contributed by atoms with E-state index >= 15 is 0 Å². The van der Waals surface area contributed by atoms with E-state index in [2.05, 4.69) is 12.6 Å². The molecule has 0 heterocycles. The van der Waals surface area contributed by atoms with Crippen LogP contribution in [0.25, 0.3) is 0 Å². The lowest BCUT2D eigenvalue weighted by atomic mass is 9.51. The second-order valence-electron chi connectivity index (χ2n) is 6.35. The molecular formula is C15H21N. The van der Waals surface area contributed by atoms with E-state index in [4.69, 9.17) is 5.26 Å². The number of allylic oxidation sites excluding steroid dienone is 1.